The summed E-state index contributed by atoms with van der Waals surface area (Å²) < 4.78 is 0. The minimum atomic E-state index is -0.243. The van der Waals surface area contributed by atoms with E-state index >= 15 is 0 Å². The molecule has 0 fully saturated rings. The van der Waals surface area contributed by atoms with Crippen LogP contribution in [0.1, 0.15) is 32.3 Å². The van der Waals surface area contributed by atoms with Crippen LogP contribution in [0.5, 0.6) is 0 Å². The van der Waals surface area contributed by atoms with Gasteiger partial charge in [-0.3, -0.25) is 5.32 Å². The van der Waals surface area contributed by atoms with Crippen molar-refractivity contribution >= 4 is 23.0 Å². The molecular weight excluding hydrogens is 240 g/mol. The molecule has 0 radical (unpaired) electrons. The van der Waals surface area contributed by atoms with E-state index in [1.807, 2.05) is 13.0 Å². The van der Waals surface area contributed by atoms with Crippen LogP contribution in [0.25, 0.3) is 11.0 Å². The Hall–Kier alpha value is -2.04. The number of nitrogens with one attached hydrogen (secondary N) is 3. The molecule has 2 amide bonds. The number of aryl methyl sites for hydroxylation is 1. The zero-order valence-electron chi connectivity index (χ0n) is 11.4. The van der Waals surface area contributed by atoms with Crippen molar-refractivity contribution in [2.75, 3.05) is 11.9 Å². The van der Waals surface area contributed by atoms with E-state index in [-0.39, 0.29) is 6.03 Å². The molecule has 0 spiro atoms. The first kappa shape index (κ1) is 13.4. The Morgan fingerprint density at radius 2 is 2.21 bits per heavy atom. The van der Waals surface area contributed by atoms with Crippen molar-refractivity contribution in [3.63, 3.8) is 0 Å². The number of rotatable bonds is 5. The van der Waals surface area contributed by atoms with Gasteiger partial charge in [0.2, 0.25) is 5.95 Å². The molecule has 0 aliphatic rings. The summed E-state index contributed by atoms with van der Waals surface area (Å²) in [7, 11) is 0. The lowest BCUT2D eigenvalue weighted by molar-refractivity contribution is 0.252. The summed E-state index contributed by atoms with van der Waals surface area (Å²) >= 11 is 0. The molecule has 0 atom stereocenters. The van der Waals surface area contributed by atoms with Crippen LogP contribution >= 0.6 is 0 Å². The van der Waals surface area contributed by atoms with Crippen LogP contribution in [0.2, 0.25) is 0 Å². The van der Waals surface area contributed by atoms with Crippen molar-refractivity contribution in [2.45, 2.75) is 33.1 Å². The Balaban J connectivity index is 2.13. The largest absolute Gasteiger partial charge is 0.338 e. The molecular formula is C14H20N4O. The van der Waals surface area contributed by atoms with Gasteiger partial charge < -0.3 is 10.3 Å². The Bertz CT molecular complexity index is 562. The number of anilines is 1. The predicted octanol–water partition coefficient (Wildman–Crippen LogP) is 3.05. The number of hydrogen-bond acceptors (Lipinski definition) is 2. The monoisotopic (exact) mass is 260 g/mol. The summed E-state index contributed by atoms with van der Waals surface area (Å²) in [6.07, 6.45) is 3.44. The Morgan fingerprint density at radius 1 is 1.37 bits per heavy atom. The lowest BCUT2D eigenvalue weighted by atomic mass is 10.1. The zero-order valence-corrected chi connectivity index (χ0v) is 11.4. The van der Waals surface area contributed by atoms with Gasteiger partial charge in [0.1, 0.15) is 0 Å². The fraction of sp³-hybridized carbons (Fsp3) is 0.429. The van der Waals surface area contributed by atoms with Crippen molar-refractivity contribution in [3.8, 4) is 0 Å². The SMILES string of the molecule is CCCCc1ccc2nc(NC(=O)NCC)[nH]c2c1. The summed E-state index contributed by atoms with van der Waals surface area (Å²) in [6, 6.07) is 5.93. The molecule has 0 bridgehead atoms. The number of H-pyrrole nitrogens is 1. The van der Waals surface area contributed by atoms with Gasteiger partial charge in [-0.1, -0.05) is 19.4 Å². The van der Waals surface area contributed by atoms with E-state index in [0.717, 1.165) is 17.5 Å². The van der Waals surface area contributed by atoms with Crippen molar-refractivity contribution in [2.24, 2.45) is 0 Å². The summed E-state index contributed by atoms with van der Waals surface area (Å²) in [5.41, 5.74) is 3.12. The van der Waals surface area contributed by atoms with E-state index in [0.29, 0.717) is 12.5 Å². The molecule has 19 heavy (non-hydrogen) atoms. The molecule has 1 heterocycles. The van der Waals surface area contributed by atoms with Gasteiger partial charge in [-0.05, 0) is 37.5 Å². The zero-order chi connectivity index (χ0) is 13.7. The highest BCUT2D eigenvalue weighted by atomic mass is 16.2. The first-order valence-corrected chi connectivity index (χ1v) is 6.76. The molecule has 2 rings (SSSR count). The summed E-state index contributed by atoms with van der Waals surface area (Å²) in [5.74, 6) is 0.480. The average Bonchev–Trinajstić information content (AvgIpc) is 2.77. The second-order valence-electron chi connectivity index (χ2n) is 4.52. The minimum absolute atomic E-state index is 0.243. The van der Waals surface area contributed by atoms with Gasteiger partial charge in [-0.25, -0.2) is 9.78 Å². The molecule has 0 saturated heterocycles. The van der Waals surface area contributed by atoms with E-state index in [4.69, 9.17) is 0 Å². The molecule has 2 aromatic rings. The first-order valence-electron chi connectivity index (χ1n) is 6.76. The number of hydrogen-bond donors (Lipinski definition) is 3. The van der Waals surface area contributed by atoms with Crippen molar-refractivity contribution < 1.29 is 4.79 Å². The number of unbranched alkanes of at least 4 members (excludes halogenated alkanes) is 1. The highest BCUT2D eigenvalue weighted by Crippen LogP contribution is 2.17. The highest BCUT2D eigenvalue weighted by molar-refractivity contribution is 5.89. The van der Waals surface area contributed by atoms with Crippen LogP contribution in [0.4, 0.5) is 10.7 Å². The third-order valence-corrected chi connectivity index (χ3v) is 2.93. The fourth-order valence-corrected chi connectivity index (χ4v) is 1.96. The van der Waals surface area contributed by atoms with Crippen LogP contribution in [0, 0.1) is 0 Å². The van der Waals surface area contributed by atoms with E-state index < -0.39 is 0 Å². The van der Waals surface area contributed by atoms with Crippen LogP contribution in [-0.4, -0.2) is 22.5 Å². The van der Waals surface area contributed by atoms with E-state index in [2.05, 4.69) is 39.7 Å². The van der Waals surface area contributed by atoms with Gasteiger partial charge in [0.05, 0.1) is 11.0 Å². The maximum atomic E-state index is 11.4. The van der Waals surface area contributed by atoms with E-state index in [1.54, 1.807) is 0 Å². The van der Waals surface area contributed by atoms with Crippen molar-refractivity contribution in [1.29, 1.82) is 0 Å². The lowest BCUT2D eigenvalue weighted by Gasteiger charge is -2.00. The highest BCUT2D eigenvalue weighted by Gasteiger charge is 2.06. The smallest absolute Gasteiger partial charge is 0.321 e. The third-order valence-electron chi connectivity index (χ3n) is 2.93. The Labute approximate surface area is 112 Å². The topological polar surface area (TPSA) is 69.8 Å². The third kappa shape index (κ3) is 3.47. The maximum absolute atomic E-state index is 11.4. The van der Waals surface area contributed by atoms with Gasteiger partial charge in [0.15, 0.2) is 0 Å². The van der Waals surface area contributed by atoms with E-state index in [9.17, 15) is 4.79 Å². The summed E-state index contributed by atoms with van der Waals surface area (Å²) in [4.78, 5) is 18.9. The Kier molecular flexibility index (Phi) is 4.39. The van der Waals surface area contributed by atoms with Crippen molar-refractivity contribution in [3.05, 3.63) is 23.8 Å². The number of aromatic amines is 1. The quantitative estimate of drug-likeness (QED) is 0.773. The molecule has 1 aromatic carbocycles. The molecule has 0 saturated carbocycles. The number of benzene rings is 1. The van der Waals surface area contributed by atoms with Crippen LogP contribution < -0.4 is 10.6 Å². The summed E-state index contributed by atoms with van der Waals surface area (Å²) in [6.45, 7) is 4.65. The van der Waals surface area contributed by atoms with Gasteiger partial charge in [-0.15, -0.1) is 0 Å². The number of carbonyl (C=O) groups excluding carboxylic acids is 1. The number of carbonyl (C=O) groups is 1. The molecule has 0 aliphatic carbocycles. The van der Waals surface area contributed by atoms with Crippen LogP contribution in [-0.2, 0) is 6.42 Å². The number of urea groups is 1. The molecule has 3 N–H and O–H groups in total. The number of aromatic nitrogens is 2. The van der Waals surface area contributed by atoms with Crippen LogP contribution in [0.3, 0.4) is 0 Å². The van der Waals surface area contributed by atoms with Crippen molar-refractivity contribution in [1.82, 2.24) is 15.3 Å². The molecule has 0 aliphatic heterocycles. The summed E-state index contributed by atoms with van der Waals surface area (Å²) in [5, 5.41) is 5.35. The van der Waals surface area contributed by atoms with Crippen LogP contribution in [0.15, 0.2) is 18.2 Å². The lowest BCUT2D eigenvalue weighted by Crippen LogP contribution is -2.28. The molecule has 102 valence electrons. The minimum Gasteiger partial charge on any atom is -0.338 e. The van der Waals surface area contributed by atoms with Gasteiger partial charge in [0, 0.05) is 6.54 Å². The normalized spacial score (nSPS) is 10.6. The number of amides is 2. The Morgan fingerprint density at radius 3 is 2.95 bits per heavy atom. The van der Waals surface area contributed by atoms with Gasteiger partial charge in [0.25, 0.3) is 0 Å². The second kappa shape index (κ2) is 6.22. The van der Waals surface area contributed by atoms with E-state index in [1.165, 1.54) is 18.4 Å². The number of nitrogens with zero attached hydrogens (tertiary/aromatic N) is 1. The second-order valence-corrected chi connectivity index (χ2v) is 4.52. The van der Waals surface area contributed by atoms with Gasteiger partial charge in [-0.2, -0.15) is 0 Å². The first-order chi connectivity index (χ1) is 9.22. The molecule has 5 nitrogen and oxygen atoms in total. The standard InChI is InChI=1S/C14H20N4O/c1-3-5-6-10-7-8-11-12(9-10)17-13(16-11)18-14(19)15-4-2/h7-9H,3-6H2,1-2H3,(H3,15,16,17,18,19). The molecule has 5 heteroatoms. The number of fused-ring (bicyclic) bond motifs is 1. The van der Waals surface area contributed by atoms with Gasteiger partial charge >= 0.3 is 6.03 Å². The molecule has 0 unspecified atom stereocenters. The molecule has 1 aromatic heterocycles. The fourth-order valence-electron chi connectivity index (χ4n) is 1.96. The maximum Gasteiger partial charge on any atom is 0.321 e. The predicted molar refractivity (Wildman–Crippen MR) is 77.4 cm³/mol. The number of imidazole rings is 1. The average molecular weight is 260 g/mol.